The molecule has 2 aromatic carbocycles. The van der Waals surface area contributed by atoms with E-state index < -0.39 is 18.0 Å². The van der Waals surface area contributed by atoms with Crippen molar-refractivity contribution in [1.82, 2.24) is 4.98 Å². The molecule has 27 heavy (non-hydrogen) atoms. The molecule has 6 heteroatoms. The van der Waals surface area contributed by atoms with E-state index in [9.17, 15) is 9.59 Å². The van der Waals surface area contributed by atoms with E-state index in [0.717, 1.165) is 11.1 Å². The highest BCUT2D eigenvalue weighted by atomic mass is 16.5. The molecule has 1 heterocycles. The van der Waals surface area contributed by atoms with Crippen LogP contribution in [0.1, 0.15) is 24.3 Å². The molecular formula is C21H20N2O4. The molecule has 0 spiro atoms. The molecule has 138 valence electrons. The van der Waals surface area contributed by atoms with Crippen LogP contribution in [-0.4, -0.2) is 29.6 Å². The van der Waals surface area contributed by atoms with Gasteiger partial charge in [0.1, 0.15) is 11.4 Å². The molecule has 0 saturated heterocycles. The summed E-state index contributed by atoms with van der Waals surface area (Å²) in [4.78, 5) is 28.8. The summed E-state index contributed by atoms with van der Waals surface area (Å²) in [6.07, 6.45) is -0.961. The van der Waals surface area contributed by atoms with Gasteiger partial charge in [-0.15, -0.1) is 0 Å². The predicted molar refractivity (Wildman–Crippen MR) is 103 cm³/mol. The number of benzene rings is 2. The normalized spacial score (nSPS) is 11.6. The summed E-state index contributed by atoms with van der Waals surface area (Å²) in [5.74, 6) is -0.347. The van der Waals surface area contributed by atoms with Crippen molar-refractivity contribution in [3.8, 4) is 5.75 Å². The summed E-state index contributed by atoms with van der Waals surface area (Å²) in [7, 11) is 0. The Morgan fingerprint density at radius 3 is 2.52 bits per heavy atom. The van der Waals surface area contributed by atoms with Gasteiger partial charge in [-0.25, -0.2) is 9.78 Å². The molecule has 0 radical (unpaired) electrons. The first-order chi connectivity index (χ1) is 13.1. The maximum absolute atomic E-state index is 12.3. The van der Waals surface area contributed by atoms with Crippen molar-refractivity contribution < 1.29 is 19.1 Å². The Balaban J connectivity index is 1.61. The van der Waals surface area contributed by atoms with Crippen LogP contribution in [0.2, 0.25) is 0 Å². The standard InChI is InChI=1S/C21H20N2O4/c1-3-26-17-11-9-16(10-12-17)22-20(24)14(2)27-21(25)19-13-8-15-6-4-5-7-18(15)23-19/h4-14H,3H2,1-2H3,(H,22,24). The molecule has 1 amide bonds. The lowest BCUT2D eigenvalue weighted by molar-refractivity contribution is -0.123. The maximum Gasteiger partial charge on any atom is 0.357 e. The quantitative estimate of drug-likeness (QED) is 0.673. The van der Waals surface area contributed by atoms with E-state index in [0.29, 0.717) is 17.8 Å². The Kier molecular flexibility index (Phi) is 5.66. The van der Waals surface area contributed by atoms with Crippen molar-refractivity contribution >= 4 is 28.5 Å². The molecule has 1 atom stereocenters. The smallest absolute Gasteiger partial charge is 0.357 e. The highest BCUT2D eigenvalue weighted by Crippen LogP contribution is 2.16. The number of pyridine rings is 1. The largest absolute Gasteiger partial charge is 0.494 e. The molecule has 0 aliphatic carbocycles. The lowest BCUT2D eigenvalue weighted by Gasteiger charge is -2.14. The Morgan fingerprint density at radius 2 is 1.78 bits per heavy atom. The molecule has 3 rings (SSSR count). The number of nitrogens with zero attached hydrogens (tertiary/aromatic N) is 1. The summed E-state index contributed by atoms with van der Waals surface area (Å²) in [6, 6.07) is 17.8. The fourth-order valence-corrected chi connectivity index (χ4v) is 2.50. The first-order valence-corrected chi connectivity index (χ1v) is 8.67. The van der Waals surface area contributed by atoms with E-state index in [4.69, 9.17) is 9.47 Å². The second-order valence-electron chi connectivity index (χ2n) is 5.88. The molecule has 3 aromatic rings. The molecular weight excluding hydrogens is 344 g/mol. The van der Waals surface area contributed by atoms with Crippen LogP contribution >= 0.6 is 0 Å². The monoisotopic (exact) mass is 364 g/mol. The lowest BCUT2D eigenvalue weighted by atomic mass is 10.2. The highest BCUT2D eigenvalue weighted by Gasteiger charge is 2.20. The molecule has 0 aliphatic rings. The Bertz CT molecular complexity index is 954. The van der Waals surface area contributed by atoms with E-state index in [2.05, 4.69) is 10.3 Å². The zero-order chi connectivity index (χ0) is 19.2. The van der Waals surface area contributed by atoms with Crippen LogP contribution in [0.3, 0.4) is 0 Å². The number of carbonyl (C=O) groups excluding carboxylic acids is 2. The van der Waals surface area contributed by atoms with Gasteiger partial charge in [-0.3, -0.25) is 4.79 Å². The summed E-state index contributed by atoms with van der Waals surface area (Å²) in [5.41, 5.74) is 1.45. The average Bonchev–Trinajstić information content (AvgIpc) is 2.69. The highest BCUT2D eigenvalue weighted by molar-refractivity contribution is 5.97. The van der Waals surface area contributed by atoms with Gasteiger partial charge in [0, 0.05) is 11.1 Å². The second kappa shape index (κ2) is 8.31. The van der Waals surface area contributed by atoms with Gasteiger partial charge < -0.3 is 14.8 Å². The Morgan fingerprint density at radius 1 is 1.04 bits per heavy atom. The van der Waals surface area contributed by atoms with Crippen molar-refractivity contribution in [1.29, 1.82) is 0 Å². The predicted octanol–water partition coefficient (Wildman–Crippen LogP) is 3.82. The van der Waals surface area contributed by atoms with E-state index in [-0.39, 0.29) is 5.69 Å². The zero-order valence-corrected chi connectivity index (χ0v) is 15.1. The van der Waals surface area contributed by atoms with E-state index in [1.54, 1.807) is 36.4 Å². The van der Waals surface area contributed by atoms with Crippen LogP contribution in [0.25, 0.3) is 10.9 Å². The number of para-hydroxylation sites is 1. The minimum absolute atomic E-state index is 0.161. The van der Waals surface area contributed by atoms with Crippen LogP contribution in [-0.2, 0) is 9.53 Å². The fourth-order valence-electron chi connectivity index (χ4n) is 2.50. The third-order valence-electron chi connectivity index (χ3n) is 3.89. The number of nitrogens with one attached hydrogen (secondary N) is 1. The number of esters is 1. The van der Waals surface area contributed by atoms with Gasteiger partial charge in [-0.05, 0) is 50.2 Å². The SMILES string of the molecule is CCOc1ccc(NC(=O)C(C)OC(=O)c2ccc3ccccc3n2)cc1. The average molecular weight is 364 g/mol. The Hall–Kier alpha value is -3.41. The van der Waals surface area contributed by atoms with Crippen LogP contribution in [0, 0.1) is 0 Å². The fraction of sp³-hybridized carbons (Fsp3) is 0.190. The van der Waals surface area contributed by atoms with Crippen LogP contribution in [0.5, 0.6) is 5.75 Å². The lowest BCUT2D eigenvalue weighted by Crippen LogP contribution is -2.30. The number of rotatable bonds is 6. The van der Waals surface area contributed by atoms with E-state index in [1.807, 2.05) is 31.2 Å². The van der Waals surface area contributed by atoms with E-state index in [1.165, 1.54) is 6.92 Å². The van der Waals surface area contributed by atoms with Crippen molar-refractivity contribution in [2.75, 3.05) is 11.9 Å². The van der Waals surface area contributed by atoms with Crippen molar-refractivity contribution in [2.45, 2.75) is 20.0 Å². The number of amides is 1. The van der Waals surface area contributed by atoms with Crippen molar-refractivity contribution in [3.63, 3.8) is 0 Å². The summed E-state index contributed by atoms with van der Waals surface area (Å²) < 4.78 is 10.6. The number of fused-ring (bicyclic) bond motifs is 1. The first kappa shape index (κ1) is 18.4. The van der Waals surface area contributed by atoms with Crippen LogP contribution < -0.4 is 10.1 Å². The van der Waals surface area contributed by atoms with Gasteiger partial charge in [0.05, 0.1) is 12.1 Å². The zero-order valence-electron chi connectivity index (χ0n) is 15.1. The molecule has 0 aliphatic heterocycles. The third kappa shape index (κ3) is 4.61. The minimum atomic E-state index is -0.961. The van der Waals surface area contributed by atoms with Gasteiger partial charge in [-0.2, -0.15) is 0 Å². The van der Waals surface area contributed by atoms with Gasteiger partial charge in [0.25, 0.3) is 5.91 Å². The molecule has 1 unspecified atom stereocenters. The third-order valence-corrected chi connectivity index (χ3v) is 3.89. The van der Waals surface area contributed by atoms with Gasteiger partial charge in [0.2, 0.25) is 0 Å². The maximum atomic E-state index is 12.3. The number of hydrogen-bond donors (Lipinski definition) is 1. The van der Waals surface area contributed by atoms with Gasteiger partial charge in [0.15, 0.2) is 6.10 Å². The summed E-state index contributed by atoms with van der Waals surface area (Å²) >= 11 is 0. The van der Waals surface area contributed by atoms with Crippen LogP contribution in [0.15, 0.2) is 60.7 Å². The Labute approximate surface area is 157 Å². The molecule has 6 nitrogen and oxygen atoms in total. The number of ether oxygens (including phenoxy) is 2. The van der Waals surface area contributed by atoms with E-state index >= 15 is 0 Å². The van der Waals surface area contributed by atoms with Crippen molar-refractivity contribution in [3.05, 3.63) is 66.4 Å². The molecule has 0 fully saturated rings. The second-order valence-corrected chi connectivity index (χ2v) is 5.88. The number of aromatic nitrogens is 1. The number of anilines is 1. The summed E-state index contributed by atoms with van der Waals surface area (Å²) in [5, 5.41) is 3.63. The molecule has 0 bridgehead atoms. The molecule has 1 N–H and O–H groups in total. The first-order valence-electron chi connectivity index (χ1n) is 8.67. The molecule has 0 saturated carbocycles. The molecule has 1 aromatic heterocycles. The number of carbonyl (C=O) groups is 2. The summed E-state index contributed by atoms with van der Waals surface area (Å²) in [6.45, 7) is 3.99. The van der Waals surface area contributed by atoms with Gasteiger partial charge >= 0.3 is 5.97 Å². The number of hydrogen-bond acceptors (Lipinski definition) is 5. The topological polar surface area (TPSA) is 77.5 Å². The van der Waals surface area contributed by atoms with Crippen LogP contribution in [0.4, 0.5) is 5.69 Å². The van der Waals surface area contributed by atoms with Crippen molar-refractivity contribution in [2.24, 2.45) is 0 Å². The minimum Gasteiger partial charge on any atom is -0.494 e. The van der Waals surface area contributed by atoms with Gasteiger partial charge in [-0.1, -0.05) is 24.3 Å².